The molecule has 1 aromatic heterocycles. The molecule has 0 atom stereocenters. The molecule has 0 saturated heterocycles. The van der Waals surface area contributed by atoms with Gasteiger partial charge in [0.25, 0.3) is 5.91 Å². The van der Waals surface area contributed by atoms with Crippen molar-refractivity contribution in [3.63, 3.8) is 0 Å². The van der Waals surface area contributed by atoms with E-state index >= 15 is 0 Å². The highest BCUT2D eigenvalue weighted by atomic mass is 35.5. The molecule has 1 heterocycles. The van der Waals surface area contributed by atoms with Gasteiger partial charge in [0.15, 0.2) is 0 Å². The summed E-state index contributed by atoms with van der Waals surface area (Å²) in [5.41, 5.74) is 2.77. The Bertz CT molecular complexity index is 701. The highest BCUT2D eigenvalue weighted by Gasteiger charge is 2.12. The molecule has 0 saturated carbocycles. The number of carbonyl (C=O) groups excluding carboxylic acids is 1. The molecule has 22 heavy (non-hydrogen) atoms. The summed E-state index contributed by atoms with van der Waals surface area (Å²) in [6.07, 6.45) is 0. The summed E-state index contributed by atoms with van der Waals surface area (Å²) >= 11 is 6.11. The number of nitrogens with zero attached hydrogens (tertiary/aromatic N) is 2. The predicted molar refractivity (Wildman–Crippen MR) is 88.8 cm³/mol. The minimum absolute atomic E-state index is 0.0503. The van der Waals surface area contributed by atoms with Crippen LogP contribution in [0.4, 0.5) is 11.6 Å². The number of anilines is 2. The Morgan fingerprint density at radius 3 is 2.64 bits per heavy atom. The van der Waals surface area contributed by atoms with E-state index in [1.54, 1.807) is 6.07 Å². The Morgan fingerprint density at radius 2 is 1.95 bits per heavy atom. The second-order valence-electron chi connectivity index (χ2n) is 5.38. The lowest BCUT2D eigenvalue weighted by Gasteiger charge is -2.12. The average molecular weight is 319 g/mol. The van der Waals surface area contributed by atoms with Gasteiger partial charge in [-0.3, -0.25) is 4.79 Å². The first-order valence-electron chi connectivity index (χ1n) is 7.05. The molecule has 2 rings (SSSR count). The minimum atomic E-state index is -0.216. The lowest BCUT2D eigenvalue weighted by molar-refractivity contribution is 0.0938. The maximum atomic E-state index is 12.1. The van der Waals surface area contributed by atoms with Crippen LogP contribution in [0.3, 0.4) is 0 Å². The van der Waals surface area contributed by atoms with Crippen LogP contribution in [0, 0.1) is 13.8 Å². The van der Waals surface area contributed by atoms with Crippen molar-refractivity contribution in [1.82, 2.24) is 15.3 Å². The van der Waals surface area contributed by atoms with Gasteiger partial charge in [0, 0.05) is 22.4 Å². The second-order valence-corrected chi connectivity index (χ2v) is 5.79. The molecule has 6 heteroatoms. The van der Waals surface area contributed by atoms with E-state index in [2.05, 4.69) is 20.6 Å². The molecule has 0 spiro atoms. The molecule has 1 amide bonds. The summed E-state index contributed by atoms with van der Waals surface area (Å²) in [5, 5.41) is 6.60. The van der Waals surface area contributed by atoms with Crippen molar-refractivity contribution >= 4 is 29.1 Å². The molecule has 0 aliphatic carbocycles. The van der Waals surface area contributed by atoms with Gasteiger partial charge < -0.3 is 10.6 Å². The highest BCUT2D eigenvalue weighted by molar-refractivity contribution is 6.31. The van der Waals surface area contributed by atoms with Gasteiger partial charge in [0.2, 0.25) is 5.95 Å². The van der Waals surface area contributed by atoms with Crippen molar-refractivity contribution in [3.05, 3.63) is 46.2 Å². The third kappa shape index (κ3) is 3.95. The Labute approximate surface area is 135 Å². The SMILES string of the molecule is Cc1cc(C(=O)NC(C)C)nc(Nc2cccc(Cl)c2C)n1. The number of carbonyl (C=O) groups is 1. The molecule has 2 aromatic rings. The lowest BCUT2D eigenvalue weighted by atomic mass is 10.2. The largest absolute Gasteiger partial charge is 0.349 e. The summed E-state index contributed by atoms with van der Waals surface area (Å²) in [4.78, 5) is 20.7. The minimum Gasteiger partial charge on any atom is -0.349 e. The monoisotopic (exact) mass is 318 g/mol. The van der Waals surface area contributed by atoms with Gasteiger partial charge >= 0.3 is 0 Å². The zero-order valence-electron chi connectivity index (χ0n) is 13.1. The van der Waals surface area contributed by atoms with Crippen LogP contribution < -0.4 is 10.6 Å². The highest BCUT2D eigenvalue weighted by Crippen LogP contribution is 2.25. The third-order valence-electron chi connectivity index (χ3n) is 3.02. The Balaban J connectivity index is 2.30. The lowest BCUT2D eigenvalue weighted by Crippen LogP contribution is -2.31. The van der Waals surface area contributed by atoms with Crippen molar-refractivity contribution in [2.24, 2.45) is 0 Å². The van der Waals surface area contributed by atoms with E-state index in [0.717, 1.165) is 11.3 Å². The van der Waals surface area contributed by atoms with Crippen molar-refractivity contribution in [3.8, 4) is 0 Å². The molecule has 0 aliphatic heterocycles. The van der Waals surface area contributed by atoms with Crippen LogP contribution in [0.25, 0.3) is 0 Å². The van der Waals surface area contributed by atoms with E-state index in [1.807, 2.05) is 45.9 Å². The van der Waals surface area contributed by atoms with E-state index in [1.165, 1.54) is 0 Å². The number of benzene rings is 1. The molecule has 0 fully saturated rings. The third-order valence-corrected chi connectivity index (χ3v) is 3.43. The first kappa shape index (κ1) is 16.2. The number of hydrogen-bond donors (Lipinski definition) is 2. The normalized spacial score (nSPS) is 10.6. The molecular weight excluding hydrogens is 300 g/mol. The summed E-state index contributed by atoms with van der Waals surface area (Å²) in [6.45, 7) is 7.54. The fourth-order valence-electron chi connectivity index (χ4n) is 1.94. The quantitative estimate of drug-likeness (QED) is 0.903. The summed E-state index contributed by atoms with van der Waals surface area (Å²) in [6, 6.07) is 7.27. The summed E-state index contributed by atoms with van der Waals surface area (Å²) < 4.78 is 0. The van der Waals surface area contributed by atoms with E-state index in [-0.39, 0.29) is 11.9 Å². The van der Waals surface area contributed by atoms with Crippen molar-refractivity contribution in [2.45, 2.75) is 33.7 Å². The zero-order chi connectivity index (χ0) is 16.3. The number of nitrogens with one attached hydrogen (secondary N) is 2. The number of rotatable bonds is 4. The fourth-order valence-corrected chi connectivity index (χ4v) is 2.11. The molecule has 116 valence electrons. The van der Waals surface area contributed by atoms with Crippen LogP contribution in [0.1, 0.15) is 35.6 Å². The smallest absolute Gasteiger partial charge is 0.270 e. The first-order valence-corrected chi connectivity index (χ1v) is 7.43. The van der Waals surface area contributed by atoms with E-state index in [0.29, 0.717) is 22.4 Å². The molecule has 0 aliphatic rings. The van der Waals surface area contributed by atoms with Crippen LogP contribution in [0.2, 0.25) is 5.02 Å². The second kappa shape index (κ2) is 6.75. The van der Waals surface area contributed by atoms with E-state index in [9.17, 15) is 4.79 Å². The van der Waals surface area contributed by atoms with Crippen molar-refractivity contribution in [2.75, 3.05) is 5.32 Å². The average Bonchev–Trinajstić information content (AvgIpc) is 2.42. The van der Waals surface area contributed by atoms with Crippen molar-refractivity contribution in [1.29, 1.82) is 0 Å². The molecule has 0 unspecified atom stereocenters. The standard InChI is InChI=1S/C16H19ClN4O/c1-9(2)18-15(22)14-8-10(3)19-16(21-14)20-13-7-5-6-12(17)11(13)4/h5-9H,1-4H3,(H,18,22)(H,19,20,21). The molecule has 2 N–H and O–H groups in total. The molecule has 0 bridgehead atoms. The Morgan fingerprint density at radius 1 is 1.23 bits per heavy atom. The van der Waals surface area contributed by atoms with Crippen LogP contribution in [0.15, 0.2) is 24.3 Å². The number of halogens is 1. The van der Waals surface area contributed by atoms with Gasteiger partial charge in [-0.1, -0.05) is 17.7 Å². The molecule has 0 radical (unpaired) electrons. The number of amides is 1. The summed E-state index contributed by atoms with van der Waals surface area (Å²) in [7, 11) is 0. The van der Waals surface area contributed by atoms with Gasteiger partial charge in [-0.2, -0.15) is 0 Å². The van der Waals surface area contributed by atoms with Crippen LogP contribution in [0.5, 0.6) is 0 Å². The first-order chi connectivity index (χ1) is 10.4. The van der Waals surface area contributed by atoms with Crippen LogP contribution >= 0.6 is 11.6 Å². The Hall–Kier alpha value is -2.14. The van der Waals surface area contributed by atoms with Crippen LogP contribution in [-0.4, -0.2) is 21.9 Å². The van der Waals surface area contributed by atoms with Gasteiger partial charge in [0.1, 0.15) is 5.69 Å². The van der Waals surface area contributed by atoms with Gasteiger partial charge in [-0.25, -0.2) is 9.97 Å². The Kier molecular flexibility index (Phi) is 4.98. The van der Waals surface area contributed by atoms with Gasteiger partial charge in [0.05, 0.1) is 0 Å². The number of hydrogen-bond acceptors (Lipinski definition) is 4. The maximum Gasteiger partial charge on any atom is 0.270 e. The molecule has 5 nitrogen and oxygen atoms in total. The summed E-state index contributed by atoms with van der Waals surface area (Å²) in [5.74, 6) is 0.158. The topological polar surface area (TPSA) is 66.9 Å². The van der Waals surface area contributed by atoms with E-state index in [4.69, 9.17) is 11.6 Å². The van der Waals surface area contributed by atoms with Gasteiger partial charge in [-0.15, -0.1) is 0 Å². The zero-order valence-corrected chi connectivity index (χ0v) is 13.8. The molecule has 1 aromatic carbocycles. The fraction of sp³-hybridized carbons (Fsp3) is 0.312. The number of aryl methyl sites for hydroxylation is 1. The molecular formula is C16H19ClN4O. The van der Waals surface area contributed by atoms with Gasteiger partial charge in [-0.05, 0) is 51.5 Å². The number of aromatic nitrogens is 2. The van der Waals surface area contributed by atoms with E-state index < -0.39 is 0 Å². The van der Waals surface area contributed by atoms with Crippen LogP contribution in [-0.2, 0) is 0 Å². The predicted octanol–water partition coefficient (Wildman–Crippen LogP) is 3.63. The van der Waals surface area contributed by atoms with Crippen molar-refractivity contribution < 1.29 is 4.79 Å². The maximum absolute atomic E-state index is 12.1.